The van der Waals surface area contributed by atoms with Crippen LogP contribution in [0.15, 0.2) is 18.2 Å². The second-order valence-electron chi connectivity index (χ2n) is 5.82. The third-order valence-electron chi connectivity index (χ3n) is 4.08. The van der Waals surface area contributed by atoms with Gasteiger partial charge in [-0.1, -0.05) is 25.2 Å². The monoisotopic (exact) mass is 393 g/mol. The number of benzene rings is 1. The first-order valence-corrected chi connectivity index (χ1v) is 9.47. The first-order valence-electron chi connectivity index (χ1n) is 8.66. The molecule has 27 heavy (non-hydrogen) atoms. The van der Waals surface area contributed by atoms with Crippen molar-refractivity contribution in [2.75, 3.05) is 30.9 Å². The summed E-state index contributed by atoms with van der Waals surface area (Å²) in [6.07, 6.45) is 1.88. The van der Waals surface area contributed by atoms with Gasteiger partial charge in [0.1, 0.15) is 5.01 Å². The molecule has 0 bridgehead atoms. The lowest BCUT2D eigenvalue weighted by molar-refractivity contribution is -0.384. The van der Waals surface area contributed by atoms with E-state index in [9.17, 15) is 14.9 Å². The highest BCUT2D eigenvalue weighted by molar-refractivity contribution is 7.15. The molecule has 1 aromatic carbocycles. The second kappa shape index (κ2) is 9.93. The highest BCUT2D eigenvalue weighted by Gasteiger charge is 2.19. The molecule has 0 aliphatic heterocycles. The topological polar surface area (TPSA) is 119 Å². The van der Waals surface area contributed by atoms with Gasteiger partial charge in [0.2, 0.25) is 5.13 Å². The normalized spacial score (nSPS) is 10.8. The van der Waals surface area contributed by atoms with Gasteiger partial charge in [-0.2, -0.15) is 0 Å². The summed E-state index contributed by atoms with van der Waals surface area (Å²) in [6, 6.07) is 4.10. The molecular formula is C17H23N5O4S. The molecular weight excluding hydrogens is 370 g/mol. The highest BCUT2D eigenvalue weighted by atomic mass is 32.1. The molecule has 0 unspecified atom stereocenters. The van der Waals surface area contributed by atoms with E-state index in [1.54, 1.807) is 7.11 Å². The van der Waals surface area contributed by atoms with Crippen LogP contribution in [0.2, 0.25) is 0 Å². The number of non-ortho nitro benzene ring substituents is 1. The van der Waals surface area contributed by atoms with Crippen LogP contribution in [-0.4, -0.2) is 41.3 Å². The predicted molar refractivity (Wildman–Crippen MR) is 105 cm³/mol. The Bertz CT molecular complexity index is 791. The molecule has 0 atom stereocenters. The molecule has 0 aliphatic rings. The molecule has 10 heteroatoms. The van der Waals surface area contributed by atoms with Crippen LogP contribution in [0.4, 0.5) is 16.5 Å². The van der Waals surface area contributed by atoms with Gasteiger partial charge in [0, 0.05) is 37.4 Å². The van der Waals surface area contributed by atoms with E-state index in [1.807, 2.05) is 0 Å². The van der Waals surface area contributed by atoms with Crippen LogP contribution in [0.5, 0.6) is 0 Å². The van der Waals surface area contributed by atoms with Crippen LogP contribution < -0.4 is 10.6 Å². The van der Waals surface area contributed by atoms with Crippen molar-refractivity contribution < 1.29 is 14.5 Å². The number of nitro benzene ring substituents is 1. The van der Waals surface area contributed by atoms with Gasteiger partial charge in [-0.25, -0.2) is 0 Å². The van der Waals surface area contributed by atoms with Gasteiger partial charge < -0.3 is 10.1 Å². The number of methoxy groups -OCH3 is 1. The molecule has 0 spiro atoms. The largest absolute Gasteiger partial charge is 0.383 e. The summed E-state index contributed by atoms with van der Waals surface area (Å²) >= 11 is 1.32. The van der Waals surface area contributed by atoms with E-state index in [2.05, 4.69) is 34.7 Å². The van der Waals surface area contributed by atoms with E-state index in [0.717, 1.165) is 17.8 Å². The Labute approximate surface area is 161 Å². The summed E-state index contributed by atoms with van der Waals surface area (Å²) in [6.45, 7) is 5.06. The van der Waals surface area contributed by atoms with Crippen LogP contribution in [0, 0.1) is 10.1 Å². The zero-order valence-electron chi connectivity index (χ0n) is 15.5. The van der Waals surface area contributed by atoms with Gasteiger partial charge >= 0.3 is 0 Å². The van der Waals surface area contributed by atoms with Crippen molar-refractivity contribution in [2.24, 2.45) is 0 Å². The fourth-order valence-corrected chi connectivity index (χ4v) is 3.53. The number of nitrogens with zero attached hydrogens (tertiary/aromatic N) is 3. The van der Waals surface area contributed by atoms with Crippen LogP contribution in [0.3, 0.4) is 0 Å². The third-order valence-corrected chi connectivity index (χ3v) is 5.08. The molecule has 0 fully saturated rings. The number of carbonyl (C=O) groups excluding carboxylic acids is 1. The molecule has 0 aliphatic carbocycles. The van der Waals surface area contributed by atoms with Gasteiger partial charge in [-0.15, -0.1) is 10.2 Å². The van der Waals surface area contributed by atoms with Crippen molar-refractivity contribution >= 4 is 33.8 Å². The molecule has 1 aromatic heterocycles. The lowest BCUT2D eigenvalue weighted by atomic mass is 10.1. The molecule has 2 rings (SSSR count). The first kappa shape index (κ1) is 20.7. The second-order valence-corrected chi connectivity index (χ2v) is 6.83. The summed E-state index contributed by atoms with van der Waals surface area (Å²) in [5.74, 6) is -0.178. The van der Waals surface area contributed by atoms with Crippen LogP contribution in [0.1, 0.15) is 48.0 Å². The van der Waals surface area contributed by atoms with Crippen molar-refractivity contribution in [3.05, 3.63) is 38.9 Å². The Hall–Kier alpha value is -2.59. The summed E-state index contributed by atoms with van der Waals surface area (Å²) in [4.78, 5) is 23.2. The first-order chi connectivity index (χ1) is 13.0. The van der Waals surface area contributed by atoms with Crippen molar-refractivity contribution in [1.82, 2.24) is 10.2 Å². The number of rotatable bonds is 10. The highest BCUT2D eigenvalue weighted by Crippen LogP contribution is 2.29. The number of amides is 1. The van der Waals surface area contributed by atoms with Crippen molar-refractivity contribution in [3.8, 4) is 0 Å². The number of nitrogens with one attached hydrogen (secondary N) is 2. The minimum atomic E-state index is -0.536. The third kappa shape index (κ3) is 5.44. The zero-order chi connectivity index (χ0) is 19.8. The molecule has 0 saturated heterocycles. The van der Waals surface area contributed by atoms with Gasteiger partial charge in [0.05, 0.1) is 17.1 Å². The number of anilines is 2. The average Bonchev–Trinajstić information content (AvgIpc) is 3.11. The van der Waals surface area contributed by atoms with E-state index in [-0.39, 0.29) is 11.3 Å². The van der Waals surface area contributed by atoms with E-state index in [4.69, 9.17) is 4.74 Å². The van der Waals surface area contributed by atoms with Gasteiger partial charge in [-0.05, 0) is 18.9 Å². The number of aromatic nitrogens is 2. The number of ether oxygens (including phenoxy) is 1. The Balaban J connectivity index is 2.22. The lowest BCUT2D eigenvalue weighted by Gasteiger charge is -2.11. The van der Waals surface area contributed by atoms with Crippen LogP contribution in [0.25, 0.3) is 0 Å². The molecule has 1 heterocycles. The van der Waals surface area contributed by atoms with E-state index in [0.29, 0.717) is 29.9 Å². The molecule has 0 radical (unpaired) electrons. The molecule has 2 aromatic rings. The van der Waals surface area contributed by atoms with E-state index < -0.39 is 10.8 Å². The van der Waals surface area contributed by atoms with Crippen molar-refractivity contribution in [2.45, 2.75) is 32.6 Å². The Morgan fingerprint density at radius 3 is 2.70 bits per heavy atom. The molecule has 9 nitrogen and oxygen atoms in total. The SMILES string of the molecule is CCC(CC)c1nnc(NC(=O)c2cc([N+](=O)[O-])ccc2NCCOC)s1. The number of hydrogen-bond donors (Lipinski definition) is 2. The summed E-state index contributed by atoms with van der Waals surface area (Å²) in [5.41, 5.74) is 0.492. The molecule has 1 amide bonds. The molecule has 0 saturated carbocycles. The Morgan fingerprint density at radius 2 is 2.07 bits per heavy atom. The zero-order valence-corrected chi connectivity index (χ0v) is 16.3. The quantitative estimate of drug-likeness (QED) is 0.359. The summed E-state index contributed by atoms with van der Waals surface area (Å²) < 4.78 is 4.98. The summed E-state index contributed by atoms with van der Waals surface area (Å²) in [7, 11) is 1.57. The standard InChI is InChI=1S/C17H23N5O4S/c1-4-11(5-2)16-20-21-17(27-16)19-15(23)13-10-12(22(24)25)6-7-14(13)18-8-9-26-3/h6-7,10-11,18H,4-5,8-9H2,1-3H3,(H,19,21,23). The van der Waals surface area contributed by atoms with Crippen LogP contribution >= 0.6 is 11.3 Å². The Kier molecular flexibility index (Phi) is 7.62. The maximum absolute atomic E-state index is 12.7. The average molecular weight is 393 g/mol. The predicted octanol–water partition coefficient (Wildman–Crippen LogP) is 3.66. The van der Waals surface area contributed by atoms with Gasteiger partial charge in [0.25, 0.3) is 11.6 Å². The number of hydrogen-bond acceptors (Lipinski definition) is 8. The maximum atomic E-state index is 12.7. The molecule has 2 N–H and O–H groups in total. The Morgan fingerprint density at radius 1 is 1.33 bits per heavy atom. The minimum Gasteiger partial charge on any atom is -0.383 e. The lowest BCUT2D eigenvalue weighted by Crippen LogP contribution is -2.16. The van der Waals surface area contributed by atoms with E-state index >= 15 is 0 Å². The molecule has 146 valence electrons. The summed E-state index contributed by atoms with van der Waals surface area (Å²) in [5, 5.41) is 26.2. The number of nitro groups is 1. The fraction of sp³-hybridized carbons (Fsp3) is 0.471. The van der Waals surface area contributed by atoms with Gasteiger partial charge in [0.15, 0.2) is 0 Å². The maximum Gasteiger partial charge on any atom is 0.270 e. The van der Waals surface area contributed by atoms with Crippen molar-refractivity contribution in [1.29, 1.82) is 0 Å². The van der Waals surface area contributed by atoms with E-state index in [1.165, 1.54) is 29.5 Å². The van der Waals surface area contributed by atoms with Crippen molar-refractivity contribution in [3.63, 3.8) is 0 Å². The minimum absolute atomic E-state index is 0.160. The fourth-order valence-electron chi connectivity index (χ4n) is 2.53. The smallest absolute Gasteiger partial charge is 0.270 e. The number of carbonyl (C=O) groups is 1. The van der Waals surface area contributed by atoms with Crippen LogP contribution in [-0.2, 0) is 4.74 Å². The van der Waals surface area contributed by atoms with Gasteiger partial charge in [-0.3, -0.25) is 20.2 Å².